The third kappa shape index (κ3) is 3.70. The number of hydrogen-bond donors (Lipinski definition) is 1. The Morgan fingerprint density at radius 3 is 2.80 bits per heavy atom. The molecule has 1 aliphatic heterocycles. The molecule has 1 aromatic rings. The number of nitrogens with zero attached hydrogens (tertiary/aromatic N) is 1. The summed E-state index contributed by atoms with van der Waals surface area (Å²) in [6, 6.07) is 9.17. The van der Waals surface area contributed by atoms with Crippen LogP contribution in [0.5, 0.6) is 0 Å². The summed E-state index contributed by atoms with van der Waals surface area (Å²) in [6.45, 7) is 5.60. The van der Waals surface area contributed by atoms with E-state index in [-0.39, 0.29) is 11.8 Å². The molecule has 0 bridgehead atoms. The van der Waals surface area contributed by atoms with Crippen molar-refractivity contribution in [1.29, 1.82) is 0 Å². The Labute approximate surface area is 119 Å². The Morgan fingerprint density at radius 1 is 1.35 bits per heavy atom. The van der Waals surface area contributed by atoms with E-state index < -0.39 is 0 Å². The fourth-order valence-corrected chi connectivity index (χ4v) is 2.49. The van der Waals surface area contributed by atoms with Crippen LogP contribution in [-0.2, 0) is 4.79 Å². The van der Waals surface area contributed by atoms with Gasteiger partial charge in [0.25, 0.3) is 5.91 Å². The molecule has 4 heteroatoms. The van der Waals surface area contributed by atoms with Crippen molar-refractivity contribution in [3.63, 3.8) is 0 Å². The highest BCUT2D eigenvalue weighted by atomic mass is 16.2. The Hall–Kier alpha value is -2.10. The van der Waals surface area contributed by atoms with Crippen molar-refractivity contribution >= 4 is 11.8 Å². The quantitative estimate of drug-likeness (QED) is 0.850. The van der Waals surface area contributed by atoms with Crippen LogP contribution in [0.15, 0.2) is 43.0 Å². The van der Waals surface area contributed by atoms with Gasteiger partial charge in [-0.1, -0.05) is 24.8 Å². The summed E-state index contributed by atoms with van der Waals surface area (Å²) in [6.07, 6.45) is 3.37. The predicted molar refractivity (Wildman–Crippen MR) is 78.3 cm³/mol. The number of likely N-dealkylation sites (tertiary alicyclic amines) is 1. The summed E-state index contributed by atoms with van der Waals surface area (Å²) in [5.74, 6) is 0.238. The molecule has 1 fully saturated rings. The average molecular weight is 272 g/mol. The van der Waals surface area contributed by atoms with Crippen molar-refractivity contribution in [2.24, 2.45) is 5.92 Å². The van der Waals surface area contributed by atoms with Gasteiger partial charge in [-0.3, -0.25) is 9.59 Å². The van der Waals surface area contributed by atoms with Gasteiger partial charge in [-0.15, -0.1) is 0 Å². The number of hydrogen-bond acceptors (Lipinski definition) is 2. The second-order valence-corrected chi connectivity index (χ2v) is 5.07. The van der Waals surface area contributed by atoms with Gasteiger partial charge in [0.2, 0.25) is 5.91 Å². The molecular formula is C16H20N2O2. The average Bonchev–Trinajstić information content (AvgIpc) is 2.53. The lowest BCUT2D eigenvalue weighted by Crippen LogP contribution is -2.43. The largest absolute Gasteiger partial charge is 0.352 e. The number of piperidine rings is 1. The lowest BCUT2D eigenvalue weighted by molar-refractivity contribution is -0.127. The van der Waals surface area contributed by atoms with Crippen LogP contribution < -0.4 is 5.32 Å². The molecule has 20 heavy (non-hydrogen) atoms. The first-order valence-electron chi connectivity index (χ1n) is 6.95. The number of nitrogens with one attached hydrogen (secondary N) is 1. The molecular weight excluding hydrogens is 252 g/mol. The molecule has 1 atom stereocenters. The van der Waals surface area contributed by atoms with Gasteiger partial charge in [0.15, 0.2) is 0 Å². The summed E-state index contributed by atoms with van der Waals surface area (Å²) in [4.78, 5) is 25.3. The zero-order chi connectivity index (χ0) is 14.4. The monoisotopic (exact) mass is 272 g/mol. The van der Waals surface area contributed by atoms with Crippen LogP contribution in [-0.4, -0.2) is 36.3 Å². The molecule has 1 aliphatic rings. The van der Waals surface area contributed by atoms with Gasteiger partial charge in [0.1, 0.15) is 0 Å². The minimum absolute atomic E-state index is 0.0240. The highest BCUT2D eigenvalue weighted by Crippen LogP contribution is 2.16. The Bertz CT molecular complexity index is 485. The van der Waals surface area contributed by atoms with E-state index >= 15 is 0 Å². The second-order valence-electron chi connectivity index (χ2n) is 5.07. The van der Waals surface area contributed by atoms with Crippen LogP contribution in [0.2, 0.25) is 0 Å². The molecule has 2 amide bonds. The SMILES string of the molecule is C=CC(=O)N1CCCC(CNC(=O)c2ccccc2)C1. The molecule has 0 spiro atoms. The second kappa shape index (κ2) is 6.89. The molecule has 4 nitrogen and oxygen atoms in total. The number of amides is 2. The van der Waals surface area contributed by atoms with E-state index in [0.29, 0.717) is 24.6 Å². The summed E-state index contributed by atoms with van der Waals surface area (Å²) in [5.41, 5.74) is 0.669. The molecule has 0 saturated carbocycles. The molecule has 106 valence electrons. The number of benzene rings is 1. The highest BCUT2D eigenvalue weighted by Gasteiger charge is 2.22. The molecule has 0 radical (unpaired) electrons. The van der Waals surface area contributed by atoms with E-state index in [1.807, 2.05) is 18.2 Å². The van der Waals surface area contributed by atoms with Gasteiger partial charge in [0, 0.05) is 25.2 Å². The van der Waals surface area contributed by atoms with Gasteiger partial charge in [-0.25, -0.2) is 0 Å². The smallest absolute Gasteiger partial charge is 0.251 e. The maximum absolute atomic E-state index is 12.0. The maximum atomic E-state index is 12.0. The third-order valence-electron chi connectivity index (χ3n) is 3.59. The Morgan fingerprint density at radius 2 is 2.10 bits per heavy atom. The first kappa shape index (κ1) is 14.3. The van der Waals surface area contributed by atoms with Crippen LogP contribution in [0.4, 0.5) is 0 Å². The molecule has 1 heterocycles. The number of carbonyl (C=O) groups is 2. The summed E-state index contributed by atoms with van der Waals surface area (Å²) < 4.78 is 0. The fourth-order valence-electron chi connectivity index (χ4n) is 2.49. The molecule has 1 unspecified atom stereocenters. The van der Waals surface area contributed by atoms with Gasteiger partial charge < -0.3 is 10.2 Å². The maximum Gasteiger partial charge on any atom is 0.251 e. The van der Waals surface area contributed by atoms with Crippen LogP contribution in [0.25, 0.3) is 0 Å². The fraction of sp³-hybridized carbons (Fsp3) is 0.375. The van der Waals surface area contributed by atoms with E-state index in [4.69, 9.17) is 0 Å². The van der Waals surface area contributed by atoms with Gasteiger partial charge >= 0.3 is 0 Å². The normalized spacial score (nSPS) is 18.4. The van der Waals surface area contributed by atoms with Crippen molar-refractivity contribution in [2.45, 2.75) is 12.8 Å². The van der Waals surface area contributed by atoms with Crippen molar-refractivity contribution < 1.29 is 9.59 Å². The lowest BCUT2D eigenvalue weighted by Gasteiger charge is -2.32. The number of rotatable bonds is 4. The molecule has 0 aromatic heterocycles. The summed E-state index contributed by atoms with van der Waals surface area (Å²) in [7, 11) is 0. The molecule has 1 N–H and O–H groups in total. The Balaban J connectivity index is 1.83. The van der Waals surface area contributed by atoms with E-state index in [0.717, 1.165) is 19.4 Å². The Kier molecular flexibility index (Phi) is 4.93. The topological polar surface area (TPSA) is 49.4 Å². The molecule has 2 rings (SSSR count). The van der Waals surface area contributed by atoms with Crippen LogP contribution in [0.3, 0.4) is 0 Å². The van der Waals surface area contributed by atoms with Crippen molar-refractivity contribution in [3.8, 4) is 0 Å². The third-order valence-corrected chi connectivity index (χ3v) is 3.59. The van der Waals surface area contributed by atoms with Gasteiger partial charge in [0.05, 0.1) is 0 Å². The van der Waals surface area contributed by atoms with Gasteiger partial charge in [-0.2, -0.15) is 0 Å². The van der Waals surface area contributed by atoms with E-state index in [1.54, 1.807) is 17.0 Å². The van der Waals surface area contributed by atoms with E-state index in [1.165, 1.54) is 6.08 Å². The first-order valence-corrected chi connectivity index (χ1v) is 6.95. The molecule has 0 aliphatic carbocycles. The number of carbonyl (C=O) groups excluding carboxylic acids is 2. The van der Waals surface area contributed by atoms with E-state index in [2.05, 4.69) is 11.9 Å². The van der Waals surface area contributed by atoms with Crippen LogP contribution >= 0.6 is 0 Å². The van der Waals surface area contributed by atoms with Crippen LogP contribution in [0, 0.1) is 5.92 Å². The van der Waals surface area contributed by atoms with Gasteiger partial charge in [-0.05, 0) is 37.0 Å². The zero-order valence-corrected chi connectivity index (χ0v) is 11.5. The lowest BCUT2D eigenvalue weighted by atomic mass is 9.97. The molecule has 1 saturated heterocycles. The summed E-state index contributed by atoms with van der Waals surface area (Å²) in [5, 5.41) is 2.94. The standard InChI is InChI=1S/C16H20N2O2/c1-2-15(19)18-10-6-7-13(12-18)11-17-16(20)14-8-4-3-5-9-14/h2-5,8-9,13H,1,6-7,10-12H2,(H,17,20). The van der Waals surface area contributed by atoms with Crippen molar-refractivity contribution in [1.82, 2.24) is 10.2 Å². The minimum Gasteiger partial charge on any atom is -0.352 e. The highest BCUT2D eigenvalue weighted by molar-refractivity contribution is 5.94. The zero-order valence-electron chi connectivity index (χ0n) is 11.5. The van der Waals surface area contributed by atoms with Crippen molar-refractivity contribution in [3.05, 3.63) is 48.6 Å². The predicted octanol–water partition coefficient (Wildman–Crippen LogP) is 1.84. The van der Waals surface area contributed by atoms with E-state index in [9.17, 15) is 9.59 Å². The molecule has 1 aromatic carbocycles. The first-order chi connectivity index (χ1) is 9.70. The minimum atomic E-state index is -0.0576. The summed E-state index contributed by atoms with van der Waals surface area (Å²) >= 11 is 0. The van der Waals surface area contributed by atoms with Crippen LogP contribution in [0.1, 0.15) is 23.2 Å². The van der Waals surface area contributed by atoms with Crippen molar-refractivity contribution in [2.75, 3.05) is 19.6 Å².